The molecule has 2 aromatic rings. The first-order valence-electron chi connectivity index (χ1n) is 5.40. The lowest BCUT2D eigenvalue weighted by atomic mass is 10.1. The molecule has 0 heterocycles. The number of hydrogen-bond donors (Lipinski definition) is 1. The van der Waals surface area contributed by atoms with Gasteiger partial charge in [0.25, 0.3) is 0 Å². The largest absolute Gasteiger partial charge is 0.455 e. The van der Waals surface area contributed by atoms with E-state index in [0.717, 1.165) is 10.0 Å². The summed E-state index contributed by atoms with van der Waals surface area (Å²) in [5.41, 5.74) is 6.93. The molecule has 90 valence electrons. The van der Waals surface area contributed by atoms with E-state index in [9.17, 15) is 0 Å². The molecule has 0 saturated heterocycles. The van der Waals surface area contributed by atoms with Crippen molar-refractivity contribution in [2.75, 3.05) is 0 Å². The van der Waals surface area contributed by atoms with E-state index >= 15 is 0 Å². The summed E-state index contributed by atoms with van der Waals surface area (Å²) in [6, 6.07) is 15.0. The summed E-state index contributed by atoms with van der Waals surface area (Å²) in [6.07, 6.45) is 0. The van der Waals surface area contributed by atoms with E-state index in [2.05, 4.69) is 22.0 Å². The minimum atomic E-state index is 0.407. The van der Waals surface area contributed by atoms with E-state index < -0.39 is 0 Å². The summed E-state index contributed by atoms with van der Waals surface area (Å²) in [5, 5.41) is 9.10. The Morgan fingerprint density at radius 3 is 2.61 bits per heavy atom. The number of benzene rings is 2. The van der Waals surface area contributed by atoms with Gasteiger partial charge < -0.3 is 10.5 Å². The van der Waals surface area contributed by atoms with E-state index in [1.807, 2.05) is 30.3 Å². The van der Waals surface area contributed by atoms with E-state index in [0.29, 0.717) is 23.6 Å². The lowest BCUT2D eigenvalue weighted by Gasteiger charge is -2.09. The fourth-order valence-corrected chi connectivity index (χ4v) is 1.89. The third kappa shape index (κ3) is 2.70. The second-order valence-electron chi connectivity index (χ2n) is 3.68. The molecule has 0 aliphatic carbocycles. The van der Waals surface area contributed by atoms with E-state index in [1.54, 1.807) is 12.1 Å². The van der Waals surface area contributed by atoms with Crippen LogP contribution in [0.3, 0.4) is 0 Å². The minimum absolute atomic E-state index is 0.407. The van der Waals surface area contributed by atoms with Crippen molar-refractivity contribution in [1.29, 1.82) is 5.26 Å². The highest BCUT2D eigenvalue weighted by atomic mass is 79.9. The van der Waals surface area contributed by atoms with Gasteiger partial charge in [0.2, 0.25) is 0 Å². The Balaban J connectivity index is 2.35. The summed E-state index contributed by atoms with van der Waals surface area (Å²) >= 11 is 3.40. The highest BCUT2D eigenvalue weighted by Crippen LogP contribution is 2.31. The molecule has 0 aliphatic heterocycles. The third-order valence-corrected chi connectivity index (χ3v) is 3.11. The molecule has 0 aromatic heterocycles. The van der Waals surface area contributed by atoms with Gasteiger partial charge in [-0.2, -0.15) is 5.26 Å². The van der Waals surface area contributed by atoms with Crippen LogP contribution in [0.25, 0.3) is 0 Å². The SMILES string of the molecule is N#Cc1cc(CN)ccc1Oc1ccccc1Br. The van der Waals surface area contributed by atoms with Gasteiger partial charge in [-0.3, -0.25) is 0 Å². The lowest BCUT2D eigenvalue weighted by Crippen LogP contribution is -1.97. The second kappa shape index (κ2) is 5.67. The first kappa shape index (κ1) is 12.6. The predicted octanol–water partition coefficient (Wildman–Crippen LogP) is 3.57. The molecule has 4 heteroatoms. The molecule has 0 spiro atoms. The number of nitrogens with zero attached hydrogens (tertiary/aromatic N) is 1. The van der Waals surface area contributed by atoms with Crippen molar-refractivity contribution in [2.45, 2.75) is 6.54 Å². The average molecular weight is 303 g/mol. The zero-order valence-electron chi connectivity index (χ0n) is 9.56. The molecule has 18 heavy (non-hydrogen) atoms. The molecule has 0 amide bonds. The van der Waals surface area contributed by atoms with Crippen LogP contribution in [0.15, 0.2) is 46.9 Å². The van der Waals surface area contributed by atoms with Crippen molar-refractivity contribution in [1.82, 2.24) is 0 Å². The van der Waals surface area contributed by atoms with Crippen LogP contribution in [-0.4, -0.2) is 0 Å². The Morgan fingerprint density at radius 1 is 1.17 bits per heavy atom. The van der Waals surface area contributed by atoms with Gasteiger partial charge in [-0.05, 0) is 45.8 Å². The van der Waals surface area contributed by atoms with Gasteiger partial charge in [0.1, 0.15) is 17.6 Å². The summed E-state index contributed by atoms with van der Waals surface area (Å²) in [6.45, 7) is 0.407. The van der Waals surface area contributed by atoms with Gasteiger partial charge >= 0.3 is 0 Å². The summed E-state index contributed by atoms with van der Waals surface area (Å²) in [7, 11) is 0. The van der Waals surface area contributed by atoms with Gasteiger partial charge in [0.05, 0.1) is 10.0 Å². The van der Waals surface area contributed by atoms with Crippen LogP contribution in [0.4, 0.5) is 0 Å². The highest BCUT2D eigenvalue weighted by Gasteiger charge is 2.07. The monoisotopic (exact) mass is 302 g/mol. The third-order valence-electron chi connectivity index (χ3n) is 2.46. The predicted molar refractivity (Wildman–Crippen MR) is 73.3 cm³/mol. The van der Waals surface area contributed by atoms with Crippen LogP contribution in [0.1, 0.15) is 11.1 Å². The molecule has 3 nitrogen and oxygen atoms in total. The average Bonchev–Trinajstić information content (AvgIpc) is 2.41. The van der Waals surface area contributed by atoms with Crippen LogP contribution in [-0.2, 0) is 6.54 Å². The van der Waals surface area contributed by atoms with Gasteiger partial charge in [-0.25, -0.2) is 0 Å². The number of para-hydroxylation sites is 1. The molecular weight excluding hydrogens is 292 g/mol. The molecule has 2 rings (SSSR count). The summed E-state index contributed by atoms with van der Waals surface area (Å²) in [4.78, 5) is 0. The standard InChI is InChI=1S/C14H11BrN2O/c15-12-3-1-2-4-14(12)18-13-6-5-10(8-16)7-11(13)9-17/h1-7H,8,16H2. The van der Waals surface area contributed by atoms with E-state index in [-0.39, 0.29) is 0 Å². The van der Waals surface area contributed by atoms with Crippen molar-refractivity contribution in [3.8, 4) is 17.6 Å². The van der Waals surface area contributed by atoms with Crippen molar-refractivity contribution in [3.05, 3.63) is 58.1 Å². The Hall–Kier alpha value is -1.83. The molecular formula is C14H11BrN2O. The maximum Gasteiger partial charge on any atom is 0.145 e. The molecule has 0 bridgehead atoms. The van der Waals surface area contributed by atoms with Crippen molar-refractivity contribution in [2.24, 2.45) is 5.73 Å². The number of rotatable bonds is 3. The molecule has 0 aliphatic rings. The van der Waals surface area contributed by atoms with Crippen LogP contribution in [0, 0.1) is 11.3 Å². The number of halogens is 1. The first-order chi connectivity index (χ1) is 8.74. The first-order valence-corrected chi connectivity index (χ1v) is 6.19. The summed E-state index contributed by atoms with van der Waals surface area (Å²) in [5.74, 6) is 1.20. The fourth-order valence-electron chi connectivity index (χ4n) is 1.53. The minimum Gasteiger partial charge on any atom is -0.455 e. The van der Waals surface area contributed by atoms with Crippen molar-refractivity contribution >= 4 is 15.9 Å². The molecule has 0 fully saturated rings. The van der Waals surface area contributed by atoms with Gasteiger partial charge in [-0.1, -0.05) is 18.2 Å². The van der Waals surface area contributed by atoms with Crippen LogP contribution in [0.2, 0.25) is 0 Å². The Labute approximate surface area is 114 Å². The zero-order chi connectivity index (χ0) is 13.0. The maximum atomic E-state index is 9.10. The van der Waals surface area contributed by atoms with E-state index in [4.69, 9.17) is 15.7 Å². The van der Waals surface area contributed by atoms with E-state index in [1.165, 1.54) is 0 Å². The molecule has 2 aromatic carbocycles. The van der Waals surface area contributed by atoms with Crippen molar-refractivity contribution < 1.29 is 4.74 Å². The van der Waals surface area contributed by atoms with Crippen LogP contribution in [0.5, 0.6) is 11.5 Å². The Kier molecular flexibility index (Phi) is 3.98. The van der Waals surface area contributed by atoms with Crippen LogP contribution < -0.4 is 10.5 Å². The number of nitrogens with two attached hydrogens (primary N) is 1. The van der Waals surface area contributed by atoms with Crippen LogP contribution >= 0.6 is 15.9 Å². The van der Waals surface area contributed by atoms with Gasteiger partial charge in [0, 0.05) is 6.54 Å². The maximum absolute atomic E-state index is 9.10. The number of hydrogen-bond acceptors (Lipinski definition) is 3. The van der Waals surface area contributed by atoms with Gasteiger partial charge in [-0.15, -0.1) is 0 Å². The molecule has 0 unspecified atom stereocenters. The highest BCUT2D eigenvalue weighted by molar-refractivity contribution is 9.10. The summed E-state index contributed by atoms with van der Waals surface area (Å²) < 4.78 is 6.56. The second-order valence-corrected chi connectivity index (χ2v) is 4.53. The molecule has 0 atom stereocenters. The molecule has 2 N–H and O–H groups in total. The normalized spacial score (nSPS) is 9.83. The number of ether oxygens (including phenoxy) is 1. The smallest absolute Gasteiger partial charge is 0.145 e. The molecule has 0 radical (unpaired) electrons. The topological polar surface area (TPSA) is 59.0 Å². The lowest BCUT2D eigenvalue weighted by molar-refractivity contribution is 0.478. The number of nitriles is 1. The molecule has 0 saturated carbocycles. The fraction of sp³-hybridized carbons (Fsp3) is 0.0714. The quantitative estimate of drug-likeness (QED) is 0.943. The Bertz CT molecular complexity index is 605. The zero-order valence-corrected chi connectivity index (χ0v) is 11.1. The van der Waals surface area contributed by atoms with Crippen molar-refractivity contribution in [3.63, 3.8) is 0 Å². The van der Waals surface area contributed by atoms with Gasteiger partial charge in [0.15, 0.2) is 0 Å². The Morgan fingerprint density at radius 2 is 1.94 bits per heavy atom.